The minimum atomic E-state index is -0.385. The summed E-state index contributed by atoms with van der Waals surface area (Å²) in [6.07, 6.45) is 5.40. The van der Waals surface area contributed by atoms with Crippen LogP contribution in [0.15, 0.2) is 61.1 Å². The van der Waals surface area contributed by atoms with Crippen molar-refractivity contribution in [2.24, 2.45) is 0 Å². The molecule has 0 unspecified atom stereocenters. The SMILES string of the molecule is CC(C)(CO)c1cc(-c2cncc(-c3ccccc3Cl)c2)ccn1. The molecule has 4 heteroatoms. The van der Waals surface area contributed by atoms with E-state index >= 15 is 0 Å². The van der Waals surface area contributed by atoms with Crippen LogP contribution in [0.4, 0.5) is 0 Å². The third kappa shape index (κ3) is 3.32. The van der Waals surface area contributed by atoms with Crippen LogP contribution in [0.5, 0.6) is 0 Å². The van der Waals surface area contributed by atoms with Crippen molar-refractivity contribution < 1.29 is 5.11 Å². The maximum Gasteiger partial charge on any atom is 0.0537 e. The first-order valence-electron chi connectivity index (χ1n) is 7.79. The predicted octanol–water partition coefficient (Wildman–Crippen LogP) is 4.73. The summed E-state index contributed by atoms with van der Waals surface area (Å²) < 4.78 is 0. The molecule has 0 saturated carbocycles. The molecular formula is C20H19ClN2O. The summed E-state index contributed by atoms with van der Waals surface area (Å²) in [4.78, 5) is 8.76. The molecule has 0 bridgehead atoms. The quantitative estimate of drug-likeness (QED) is 0.747. The summed E-state index contributed by atoms with van der Waals surface area (Å²) >= 11 is 6.30. The lowest BCUT2D eigenvalue weighted by Gasteiger charge is -2.21. The van der Waals surface area contributed by atoms with Crippen LogP contribution in [-0.4, -0.2) is 21.7 Å². The van der Waals surface area contributed by atoms with Crippen LogP contribution < -0.4 is 0 Å². The highest BCUT2D eigenvalue weighted by Crippen LogP contribution is 2.31. The molecule has 0 spiro atoms. The molecule has 0 aliphatic heterocycles. The van der Waals surface area contributed by atoms with Gasteiger partial charge in [-0.25, -0.2) is 0 Å². The van der Waals surface area contributed by atoms with Gasteiger partial charge >= 0.3 is 0 Å². The van der Waals surface area contributed by atoms with Crippen LogP contribution in [-0.2, 0) is 5.41 Å². The largest absolute Gasteiger partial charge is 0.395 e. The molecule has 1 aromatic carbocycles. The highest BCUT2D eigenvalue weighted by molar-refractivity contribution is 6.33. The van der Waals surface area contributed by atoms with Crippen molar-refractivity contribution in [3.63, 3.8) is 0 Å². The summed E-state index contributed by atoms with van der Waals surface area (Å²) in [6, 6.07) is 13.7. The maximum atomic E-state index is 9.57. The Morgan fingerprint density at radius 1 is 1.00 bits per heavy atom. The Balaban J connectivity index is 2.04. The van der Waals surface area contributed by atoms with Crippen LogP contribution in [0.25, 0.3) is 22.3 Å². The minimum absolute atomic E-state index is 0.0430. The van der Waals surface area contributed by atoms with Crippen molar-refractivity contribution in [1.29, 1.82) is 0 Å². The Hall–Kier alpha value is -2.23. The Kier molecular flexibility index (Phi) is 4.65. The van der Waals surface area contributed by atoms with Gasteiger partial charge in [-0.05, 0) is 29.8 Å². The van der Waals surface area contributed by atoms with Gasteiger partial charge in [-0.1, -0.05) is 43.6 Å². The number of aliphatic hydroxyl groups is 1. The summed E-state index contributed by atoms with van der Waals surface area (Å²) in [7, 11) is 0. The van der Waals surface area contributed by atoms with Gasteiger partial charge in [0.05, 0.1) is 6.61 Å². The fourth-order valence-electron chi connectivity index (χ4n) is 2.50. The van der Waals surface area contributed by atoms with Gasteiger partial charge in [0.2, 0.25) is 0 Å². The number of pyridine rings is 2. The smallest absolute Gasteiger partial charge is 0.0537 e. The summed E-state index contributed by atoms with van der Waals surface area (Å²) in [5.41, 5.74) is 4.40. The van der Waals surface area contributed by atoms with E-state index in [2.05, 4.69) is 16.0 Å². The molecule has 2 aromatic heterocycles. The number of hydrogen-bond donors (Lipinski definition) is 1. The number of aliphatic hydroxyl groups excluding tert-OH is 1. The molecule has 0 radical (unpaired) electrons. The first kappa shape index (κ1) is 16.6. The number of nitrogens with zero attached hydrogens (tertiary/aromatic N) is 2. The lowest BCUT2D eigenvalue weighted by atomic mass is 9.88. The number of rotatable bonds is 4. The third-order valence-corrected chi connectivity index (χ3v) is 4.43. The average Bonchev–Trinajstić information content (AvgIpc) is 2.62. The van der Waals surface area contributed by atoms with Gasteiger partial charge in [-0.2, -0.15) is 0 Å². The molecule has 0 saturated heterocycles. The van der Waals surface area contributed by atoms with E-state index in [4.69, 9.17) is 11.6 Å². The number of benzene rings is 1. The van der Waals surface area contributed by atoms with Crippen molar-refractivity contribution in [3.05, 3.63) is 71.8 Å². The van der Waals surface area contributed by atoms with Gasteiger partial charge < -0.3 is 5.11 Å². The topological polar surface area (TPSA) is 46.0 Å². The Morgan fingerprint density at radius 2 is 1.75 bits per heavy atom. The zero-order chi connectivity index (χ0) is 17.2. The van der Waals surface area contributed by atoms with E-state index in [1.54, 1.807) is 6.20 Å². The standard InChI is InChI=1S/C20H19ClN2O/c1-20(2,13-24)19-10-14(7-8-23-19)15-9-16(12-22-11-15)17-5-3-4-6-18(17)21/h3-12,24H,13H2,1-2H3. The van der Waals surface area contributed by atoms with Crippen LogP contribution in [0, 0.1) is 0 Å². The lowest BCUT2D eigenvalue weighted by molar-refractivity contribution is 0.215. The summed E-state index contributed by atoms with van der Waals surface area (Å²) in [5.74, 6) is 0. The molecule has 0 amide bonds. The molecule has 2 heterocycles. The van der Waals surface area contributed by atoms with Crippen molar-refractivity contribution >= 4 is 11.6 Å². The molecular weight excluding hydrogens is 320 g/mol. The van der Waals surface area contributed by atoms with E-state index in [9.17, 15) is 5.11 Å². The van der Waals surface area contributed by atoms with Crippen molar-refractivity contribution in [3.8, 4) is 22.3 Å². The van der Waals surface area contributed by atoms with Crippen LogP contribution in [0.2, 0.25) is 5.02 Å². The molecule has 122 valence electrons. The minimum Gasteiger partial charge on any atom is -0.395 e. The Bertz CT molecular complexity index is 862. The molecule has 0 fully saturated rings. The number of hydrogen-bond acceptors (Lipinski definition) is 3. The monoisotopic (exact) mass is 338 g/mol. The molecule has 0 aliphatic rings. The lowest BCUT2D eigenvalue weighted by Crippen LogP contribution is -2.23. The second kappa shape index (κ2) is 6.71. The Morgan fingerprint density at radius 3 is 2.50 bits per heavy atom. The molecule has 3 aromatic rings. The molecule has 1 N–H and O–H groups in total. The van der Waals surface area contributed by atoms with Crippen molar-refractivity contribution in [2.75, 3.05) is 6.61 Å². The second-order valence-electron chi connectivity index (χ2n) is 6.41. The predicted molar refractivity (Wildman–Crippen MR) is 98.0 cm³/mol. The highest BCUT2D eigenvalue weighted by atomic mass is 35.5. The van der Waals surface area contributed by atoms with E-state index in [-0.39, 0.29) is 12.0 Å². The third-order valence-electron chi connectivity index (χ3n) is 4.11. The number of aromatic nitrogens is 2. The molecule has 0 aliphatic carbocycles. The Labute approximate surface area is 147 Å². The normalized spacial score (nSPS) is 11.5. The number of halogens is 1. The van der Waals surface area contributed by atoms with Crippen LogP contribution >= 0.6 is 11.6 Å². The maximum absolute atomic E-state index is 9.57. The molecule has 24 heavy (non-hydrogen) atoms. The van der Waals surface area contributed by atoms with Gasteiger partial charge in [0, 0.05) is 51.4 Å². The van der Waals surface area contributed by atoms with Gasteiger partial charge in [0.1, 0.15) is 0 Å². The van der Waals surface area contributed by atoms with Crippen LogP contribution in [0.3, 0.4) is 0 Å². The fraction of sp³-hybridized carbons (Fsp3) is 0.200. The van der Waals surface area contributed by atoms with Crippen LogP contribution in [0.1, 0.15) is 19.5 Å². The first-order valence-corrected chi connectivity index (χ1v) is 8.17. The van der Waals surface area contributed by atoms with E-state index in [1.165, 1.54) is 0 Å². The van der Waals surface area contributed by atoms with Gasteiger partial charge in [-0.3, -0.25) is 9.97 Å². The summed E-state index contributed by atoms with van der Waals surface area (Å²) in [6.45, 7) is 3.98. The van der Waals surface area contributed by atoms with Gasteiger partial charge in [0.25, 0.3) is 0 Å². The zero-order valence-corrected chi connectivity index (χ0v) is 14.5. The zero-order valence-electron chi connectivity index (χ0n) is 13.7. The van der Waals surface area contributed by atoms with E-state index in [1.807, 2.05) is 62.6 Å². The molecule has 3 rings (SSSR count). The van der Waals surface area contributed by atoms with E-state index in [0.29, 0.717) is 5.02 Å². The summed E-state index contributed by atoms with van der Waals surface area (Å²) in [5, 5.41) is 10.3. The van der Waals surface area contributed by atoms with Gasteiger partial charge in [0.15, 0.2) is 0 Å². The van der Waals surface area contributed by atoms with E-state index < -0.39 is 0 Å². The van der Waals surface area contributed by atoms with E-state index in [0.717, 1.165) is 27.9 Å². The fourth-order valence-corrected chi connectivity index (χ4v) is 2.75. The van der Waals surface area contributed by atoms with Crippen molar-refractivity contribution in [1.82, 2.24) is 9.97 Å². The second-order valence-corrected chi connectivity index (χ2v) is 6.82. The average molecular weight is 339 g/mol. The van der Waals surface area contributed by atoms with Crippen molar-refractivity contribution in [2.45, 2.75) is 19.3 Å². The first-order chi connectivity index (χ1) is 11.5. The molecule has 0 atom stereocenters. The van der Waals surface area contributed by atoms with Gasteiger partial charge in [-0.15, -0.1) is 0 Å². The molecule has 3 nitrogen and oxygen atoms in total. The highest BCUT2D eigenvalue weighted by Gasteiger charge is 2.21.